The van der Waals surface area contributed by atoms with Gasteiger partial charge in [0.05, 0.1) is 15.8 Å². The second kappa shape index (κ2) is 5.27. The molecule has 0 saturated carbocycles. The van der Waals surface area contributed by atoms with Crippen LogP contribution in [0.4, 0.5) is 5.13 Å². The molecule has 0 unspecified atom stereocenters. The number of amides is 1. The number of nitrogens with one attached hydrogen (secondary N) is 1. The van der Waals surface area contributed by atoms with Gasteiger partial charge in [0.2, 0.25) is 0 Å². The maximum Gasteiger partial charge on any atom is 0.256 e. The summed E-state index contributed by atoms with van der Waals surface area (Å²) in [5.74, 6) is 0.632. The Kier molecular flexibility index (Phi) is 3.12. The van der Waals surface area contributed by atoms with Gasteiger partial charge in [-0.15, -0.1) is 0 Å². The lowest BCUT2D eigenvalue weighted by molar-refractivity contribution is -0.113. The van der Waals surface area contributed by atoms with Crippen LogP contribution in [0.5, 0.6) is 5.75 Å². The number of aromatic nitrogens is 1. The summed E-state index contributed by atoms with van der Waals surface area (Å²) in [5.41, 5.74) is 2.41. The van der Waals surface area contributed by atoms with Crippen LogP contribution in [0.15, 0.2) is 54.1 Å². The van der Waals surface area contributed by atoms with Gasteiger partial charge < -0.3 is 4.74 Å². The highest BCUT2D eigenvalue weighted by molar-refractivity contribution is 7.22. The molecule has 0 fully saturated rings. The van der Waals surface area contributed by atoms with Crippen LogP contribution in [0.25, 0.3) is 16.3 Å². The number of para-hydroxylation sites is 2. The molecule has 2 aromatic carbocycles. The van der Waals surface area contributed by atoms with E-state index in [0.29, 0.717) is 10.7 Å². The Bertz CT molecular complexity index is 865. The van der Waals surface area contributed by atoms with Crippen molar-refractivity contribution < 1.29 is 9.53 Å². The minimum absolute atomic E-state index is 0.173. The summed E-state index contributed by atoms with van der Waals surface area (Å²) in [7, 11) is 0. The molecule has 0 spiro atoms. The van der Waals surface area contributed by atoms with E-state index in [0.717, 1.165) is 21.5 Å². The van der Waals surface area contributed by atoms with Crippen molar-refractivity contribution >= 4 is 38.7 Å². The standard InChI is InChI=1S/C17H12N2O2S/c20-16(12-9-11-5-1-3-7-14(11)21-10-12)19-17-18-13-6-2-4-8-15(13)22-17/h1-9H,10H2,(H,18,19,20). The molecular weight excluding hydrogens is 296 g/mol. The number of hydrogen-bond donors (Lipinski definition) is 1. The average Bonchev–Trinajstić information content (AvgIpc) is 2.96. The molecule has 0 atom stereocenters. The fourth-order valence-electron chi connectivity index (χ4n) is 2.35. The van der Waals surface area contributed by atoms with Crippen LogP contribution in [0.3, 0.4) is 0 Å². The Balaban J connectivity index is 1.59. The fourth-order valence-corrected chi connectivity index (χ4v) is 3.21. The monoisotopic (exact) mass is 308 g/mol. The van der Waals surface area contributed by atoms with Crippen LogP contribution in [-0.2, 0) is 4.79 Å². The lowest BCUT2D eigenvalue weighted by Crippen LogP contribution is -2.21. The van der Waals surface area contributed by atoms with Gasteiger partial charge >= 0.3 is 0 Å². The smallest absolute Gasteiger partial charge is 0.256 e. The summed E-state index contributed by atoms with van der Waals surface area (Å²) >= 11 is 1.46. The topological polar surface area (TPSA) is 51.2 Å². The fraction of sp³-hybridized carbons (Fsp3) is 0.0588. The minimum atomic E-state index is -0.173. The van der Waals surface area contributed by atoms with Crippen molar-refractivity contribution in [3.8, 4) is 5.75 Å². The predicted molar refractivity (Wildman–Crippen MR) is 88.2 cm³/mol. The van der Waals surface area contributed by atoms with Crippen molar-refractivity contribution in [1.29, 1.82) is 0 Å². The molecule has 0 radical (unpaired) electrons. The van der Waals surface area contributed by atoms with E-state index in [2.05, 4.69) is 10.3 Å². The second-order valence-corrected chi connectivity index (χ2v) is 5.97. The number of ether oxygens (including phenoxy) is 1. The molecule has 1 aromatic heterocycles. The van der Waals surface area contributed by atoms with Gasteiger partial charge in [0.1, 0.15) is 12.4 Å². The zero-order chi connectivity index (χ0) is 14.9. The van der Waals surface area contributed by atoms with Crippen molar-refractivity contribution in [2.75, 3.05) is 11.9 Å². The first kappa shape index (κ1) is 13.0. The van der Waals surface area contributed by atoms with Crippen LogP contribution in [0, 0.1) is 0 Å². The van der Waals surface area contributed by atoms with E-state index in [4.69, 9.17) is 4.74 Å². The number of carbonyl (C=O) groups is 1. The lowest BCUT2D eigenvalue weighted by Gasteiger charge is -2.16. The molecular formula is C17H12N2O2S. The number of benzene rings is 2. The van der Waals surface area contributed by atoms with E-state index in [9.17, 15) is 4.79 Å². The van der Waals surface area contributed by atoms with Gasteiger partial charge in [-0.3, -0.25) is 10.1 Å². The average molecular weight is 308 g/mol. The summed E-state index contributed by atoms with van der Waals surface area (Å²) in [6.45, 7) is 0.272. The van der Waals surface area contributed by atoms with Gasteiger partial charge in [0, 0.05) is 5.56 Å². The van der Waals surface area contributed by atoms with E-state index >= 15 is 0 Å². The Morgan fingerprint density at radius 1 is 1.14 bits per heavy atom. The first-order valence-electron chi connectivity index (χ1n) is 6.89. The number of carbonyl (C=O) groups excluding carboxylic acids is 1. The third kappa shape index (κ3) is 2.35. The van der Waals surface area contributed by atoms with Crippen molar-refractivity contribution in [1.82, 2.24) is 4.98 Å². The van der Waals surface area contributed by atoms with Gasteiger partial charge in [-0.2, -0.15) is 0 Å². The molecule has 0 aliphatic carbocycles. The highest BCUT2D eigenvalue weighted by atomic mass is 32.1. The molecule has 0 bridgehead atoms. The van der Waals surface area contributed by atoms with Crippen LogP contribution in [0.2, 0.25) is 0 Å². The maximum absolute atomic E-state index is 12.4. The highest BCUT2D eigenvalue weighted by Gasteiger charge is 2.18. The van der Waals surface area contributed by atoms with E-state index in [1.807, 2.05) is 54.6 Å². The molecule has 1 N–H and O–H groups in total. The summed E-state index contributed by atoms with van der Waals surface area (Å²) in [5, 5.41) is 3.45. The SMILES string of the molecule is O=C(Nc1nc2ccccc2s1)C1=Cc2ccccc2OC1. The summed E-state index contributed by atoms with van der Waals surface area (Å²) in [6, 6.07) is 15.5. The number of hydrogen-bond acceptors (Lipinski definition) is 4. The number of nitrogens with zero attached hydrogens (tertiary/aromatic N) is 1. The quantitative estimate of drug-likeness (QED) is 0.785. The van der Waals surface area contributed by atoms with Gasteiger partial charge in [-0.25, -0.2) is 4.98 Å². The maximum atomic E-state index is 12.4. The largest absolute Gasteiger partial charge is 0.488 e. The molecule has 1 aliphatic rings. The van der Waals surface area contributed by atoms with E-state index in [-0.39, 0.29) is 12.5 Å². The summed E-state index contributed by atoms with van der Waals surface area (Å²) in [4.78, 5) is 16.8. The van der Waals surface area contributed by atoms with Crippen LogP contribution >= 0.6 is 11.3 Å². The third-order valence-corrected chi connectivity index (χ3v) is 4.39. The molecule has 1 amide bonds. The van der Waals surface area contributed by atoms with Gasteiger partial charge in [-0.05, 0) is 24.3 Å². The third-order valence-electron chi connectivity index (χ3n) is 3.44. The Morgan fingerprint density at radius 3 is 2.86 bits per heavy atom. The van der Waals surface area contributed by atoms with Crippen molar-refractivity contribution in [3.05, 3.63) is 59.7 Å². The Morgan fingerprint density at radius 2 is 1.95 bits per heavy atom. The molecule has 1 aliphatic heterocycles. The number of rotatable bonds is 2. The summed E-state index contributed by atoms with van der Waals surface area (Å²) < 4.78 is 6.66. The van der Waals surface area contributed by atoms with Gasteiger partial charge in [0.25, 0.3) is 5.91 Å². The van der Waals surface area contributed by atoms with Crippen LogP contribution < -0.4 is 10.1 Å². The van der Waals surface area contributed by atoms with Crippen molar-refractivity contribution in [2.45, 2.75) is 0 Å². The molecule has 0 saturated heterocycles. The molecule has 5 heteroatoms. The lowest BCUT2D eigenvalue weighted by atomic mass is 10.1. The van der Waals surface area contributed by atoms with E-state index in [1.54, 1.807) is 0 Å². The molecule has 108 valence electrons. The normalized spacial score (nSPS) is 13.2. The Labute approximate surface area is 131 Å². The Hall–Kier alpha value is -2.66. The van der Waals surface area contributed by atoms with Gasteiger partial charge in [0.15, 0.2) is 5.13 Å². The first-order valence-corrected chi connectivity index (χ1v) is 7.70. The molecule has 4 rings (SSSR count). The van der Waals surface area contributed by atoms with Crippen molar-refractivity contribution in [3.63, 3.8) is 0 Å². The second-order valence-electron chi connectivity index (χ2n) is 4.94. The van der Waals surface area contributed by atoms with Crippen LogP contribution in [0.1, 0.15) is 5.56 Å². The summed E-state index contributed by atoms with van der Waals surface area (Å²) in [6.07, 6.45) is 1.86. The van der Waals surface area contributed by atoms with Gasteiger partial charge in [-0.1, -0.05) is 41.7 Å². The first-order chi connectivity index (χ1) is 10.8. The number of anilines is 1. The number of thiazole rings is 1. The number of fused-ring (bicyclic) bond motifs is 2. The molecule has 4 nitrogen and oxygen atoms in total. The van der Waals surface area contributed by atoms with E-state index in [1.165, 1.54) is 11.3 Å². The minimum Gasteiger partial charge on any atom is -0.488 e. The predicted octanol–water partition coefficient (Wildman–Crippen LogP) is 3.71. The van der Waals surface area contributed by atoms with Crippen LogP contribution in [-0.4, -0.2) is 17.5 Å². The molecule has 3 aromatic rings. The molecule has 22 heavy (non-hydrogen) atoms. The highest BCUT2D eigenvalue weighted by Crippen LogP contribution is 2.28. The zero-order valence-corrected chi connectivity index (χ0v) is 12.4. The molecule has 2 heterocycles. The zero-order valence-electron chi connectivity index (χ0n) is 11.6. The van der Waals surface area contributed by atoms with E-state index < -0.39 is 0 Å². The van der Waals surface area contributed by atoms with Crippen molar-refractivity contribution in [2.24, 2.45) is 0 Å².